The van der Waals surface area contributed by atoms with Gasteiger partial charge in [0.1, 0.15) is 10.6 Å². The van der Waals surface area contributed by atoms with Gasteiger partial charge in [0.05, 0.1) is 5.39 Å². The molecule has 0 atom stereocenters. The van der Waals surface area contributed by atoms with Gasteiger partial charge in [-0.1, -0.05) is 36.4 Å². The minimum absolute atomic E-state index is 0.320. The molecule has 158 valence electrons. The average Bonchev–Trinajstić information content (AvgIpc) is 3.11. The highest BCUT2D eigenvalue weighted by Gasteiger charge is 2.25. The Kier molecular flexibility index (Phi) is 5.32. The van der Waals surface area contributed by atoms with E-state index in [1.165, 1.54) is 32.8 Å². The monoisotopic (exact) mass is 448 g/mol. The number of para-hydroxylation sites is 1. The molecule has 4 aromatic rings. The lowest BCUT2D eigenvalue weighted by molar-refractivity contribution is 0.649. The summed E-state index contributed by atoms with van der Waals surface area (Å²) in [4.78, 5) is 16.3. The molecule has 5 rings (SSSR count). The number of thiophene rings is 1. The van der Waals surface area contributed by atoms with Crippen molar-refractivity contribution >= 4 is 44.7 Å². The first-order valence-electron chi connectivity index (χ1n) is 10.6. The molecule has 0 N–H and O–H groups in total. The van der Waals surface area contributed by atoms with Crippen molar-refractivity contribution in [2.75, 3.05) is 36.0 Å². The summed E-state index contributed by atoms with van der Waals surface area (Å²) in [5.41, 5.74) is 6.33. The fourth-order valence-corrected chi connectivity index (χ4v) is 5.61. The third-order valence-electron chi connectivity index (χ3n) is 6.18. The van der Waals surface area contributed by atoms with Crippen molar-refractivity contribution in [2.24, 2.45) is 0 Å². The highest BCUT2D eigenvalue weighted by molar-refractivity contribution is 7.19. The number of benzene rings is 2. The Bertz CT molecular complexity index is 1240. The van der Waals surface area contributed by atoms with Crippen molar-refractivity contribution in [3.8, 4) is 11.1 Å². The van der Waals surface area contributed by atoms with E-state index in [1.54, 1.807) is 11.3 Å². The number of rotatable bonds is 3. The van der Waals surface area contributed by atoms with Crippen molar-refractivity contribution in [1.29, 1.82) is 0 Å². The van der Waals surface area contributed by atoms with E-state index >= 15 is 0 Å². The normalized spacial score (nSPS) is 14.5. The summed E-state index contributed by atoms with van der Waals surface area (Å²) in [7, 11) is 0. The predicted octanol–water partition coefficient (Wildman–Crippen LogP) is 6.26. The van der Waals surface area contributed by atoms with Crippen LogP contribution in [0, 0.1) is 20.8 Å². The lowest BCUT2D eigenvalue weighted by Crippen LogP contribution is -2.47. The van der Waals surface area contributed by atoms with Gasteiger partial charge in [-0.05, 0) is 61.2 Å². The van der Waals surface area contributed by atoms with Crippen LogP contribution in [-0.2, 0) is 0 Å². The third-order valence-corrected chi connectivity index (χ3v) is 7.35. The Balaban J connectivity index is 1.55. The highest BCUT2D eigenvalue weighted by Crippen LogP contribution is 2.42. The van der Waals surface area contributed by atoms with Crippen LogP contribution in [0.25, 0.3) is 21.3 Å². The average molecular weight is 449 g/mol. The van der Waals surface area contributed by atoms with Crippen LogP contribution in [0.5, 0.6) is 0 Å². The van der Waals surface area contributed by atoms with Gasteiger partial charge in [-0.3, -0.25) is 0 Å². The molecule has 2 aromatic carbocycles. The van der Waals surface area contributed by atoms with E-state index in [9.17, 15) is 0 Å². The Morgan fingerprint density at radius 3 is 2.26 bits per heavy atom. The third kappa shape index (κ3) is 3.77. The van der Waals surface area contributed by atoms with Gasteiger partial charge in [0.2, 0.25) is 5.28 Å². The Hall–Kier alpha value is -2.63. The lowest BCUT2D eigenvalue weighted by Gasteiger charge is -2.37. The van der Waals surface area contributed by atoms with Crippen molar-refractivity contribution in [3.05, 3.63) is 69.8 Å². The van der Waals surface area contributed by atoms with Crippen LogP contribution in [0.3, 0.4) is 0 Å². The van der Waals surface area contributed by atoms with Gasteiger partial charge in [0.15, 0.2) is 0 Å². The van der Waals surface area contributed by atoms with Crippen LogP contribution in [0.15, 0.2) is 48.5 Å². The number of halogens is 1. The molecular weight excluding hydrogens is 424 g/mol. The van der Waals surface area contributed by atoms with Gasteiger partial charge in [0.25, 0.3) is 0 Å². The minimum atomic E-state index is 0.320. The van der Waals surface area contributed by atoms with Crippen molar-refractivity contribution in [1.82, 2.24) is 9.97 Å². The molecule has 0 saturated carbocycles. The van der Waals surface area contributed by atoms with Gasteiger partial charge >= 0.3 is 0 Å². The molecule has 0 amide bonds. The largest absolute Gasteiger partial charge is 0.368 e. The zero-order chi connectivity index (χ0) is 21.5. The van der Waals surface area contributed by atoms with Crippen molar-refractivity contribution in [3.63, 3.8) is 0 Å². The molecule has 1 fully saturated rings. The zero-order valence-corrected chi connectivity index (χ0v) is 19.6. The Morgan fingerprint density at radius 1 is 0.839 bits per heavy atom. The molecular formula is C25H25ClN4S. The van der Waals surface area contributed by atoms with Gasteiger partial charge < -0.3 is 9.80 Å². The molecule has 3 heterocycles. The fraction of sp³-hybridized carbons (Fsp3) is 0.280. The van der Waals surface area contributed by atoms with E-state index in [2.05, 4.69) is 84.1 Å². The van der Waals surface area contributed by atoms with Crippen LogP contribution in [0.4, 0.5) is 11.5 Å². The smallest absolute Gasteiger partial charge is 0.225 e. The Morgan fingerprint density at radius 2 is 1.55 bits per heavy atom. The first kappa shape index (κ1) is 20.3. The molecule has 0 bridgehead atoms. The number of fused-ring (bicyclic) bond motifs is 1. The van der Waals surface area contributed by atoms with Crippen LogP contribution in [0.2, 0.25) is 5.28 Å². The van der Waals surface area contributed by atoms with Crippen LogP contribution in [0.1, 0.15) is 16.0 Å². The molecule has 0 unspecified atom stereocenters. The van der Waals surface area contributed by atoms with Crippen LogP contribution >= 0.6 is 22.9 Å². The fourth-order valence-electron chi connectivity index (χ4n) is 4.36. The number of aromatic nitrogens is 2. The number of hydrogen-bond donors (Lipinski definition) is 0. The summed E-state index contributed by atoms with van der Waals surface area (Å²) in [6.45, 7) is 10.2. The van der Waals surface area contributed by atoms with Crippen molar-refractivity contribution < 1.29 is 0 Å². The predicted molar refractivity (Wildman–Crippen MR) is 133 cm³/mol. The molecule has 1 saturated heterocycles. The van der Waals surface area contributed by atoms with E-state index in [1.807, 2.05) is 0 Å². The van der Waals surface area contributed by atoms with Gasteiger partial charge in [-0.15, -0.1) is 11.3 Å². The zero-order valence-electron chi connectivity index (χ0n) is 18.0. The molecule has 6 heteroatoms. The second-order valence-corrected chi connectivity index (χ2v) is 9.68. The van der Waals surface area contributed by atoms with Crippen molar-refractivity contribution in [2.45, 2.75) is 20.8 Å². The maximum atomic E-state index is 6.37. The van der Waals surface area contributed by atoms with E-state index < -0.39 is 0 Å². The molecule has 0 aliphatic carbocycles. The highest BCUT2D eigenvalue weighted by atomic mass is 35.5. The number of nitrogens with zero attached hydrogens (tertiary/aromatic N) is 4. The first-order valence-corrected chi connectivity index (χ1v) is 11.8. The van der Waals surface area contributed by atoms with Gasteiger partial charge in [-0.2, -0.15) is 4.98 Å². The molecule has 0 spiro atoms. The van der Waals surface area contributed by atoms with E-state index in [4.69, 9.17) is 16.6 Å². The molecule has 1 aliphatic rings. The SMILES string of the molecule is Cc1ccc(-c2c(C)sc3nc(Cl)nc(N4CCN(c5ccccc5)CC4)c23)cc1C. The number of piperazine rings is 1. The summed E-state index contributed by atoms with van der Waals surface area (Å²) < 4.78 is 0. The topological polar surface area (TPSA) is 32.3 Å². The Labute approximate surface area is 192 Å². The second-order valence-electron chi connectivity index (χ2n) is 8.14. The molecule has 1 aliphatic heterocycles. The van der Waals surface area contributed by atoms with E-state index in [0.29, 0.717) is 5.28 Å². The standard InChI is InChI=1S/C25H25ClN4S/c1-16-9-10-19(15-17(16)2)21-18(3)31-24-22(21)23(27-25(26)28-24)30-13-11-29(12-14-30)20-7-5-4-6-8-20/h4-10,15H,11-14H2,1-3H3. The second kappa shape index (κ2) is 8.13. The summed E-state index contributed by atoms with van der Waals surface area (Å²) >= 11 is 8.07. The van der Waals surface area contributed by atoms with Crippen LogP contribution < -0.4 is 9.80 Å². The summed E-state index contributed by atoms with van der Waals surface area (Å²) in [5, 5.41) is 1.45. The summed E-state index contributed by atoms with van der Waals surface area (Å²) in [6.07, 6.45) is 0. The minimum Gasteiger partial charge on any atom is -0.368 e. The summed E-state index contributed by atoms with van der Waals surface area (Å²) in [6, 6.07) is 17.3. The van der Waals surface area contributed by atoms with E-state index in [0.717, 1.165) is 42.2 Å². The first-order chi connectivity index (χ1) is 15.0. The molecule has 4 nitrogen and oxygen atoms in total. The number of anilines is 2. The molecule has 0 radical (unpaired) electrons. The number of aryl methyl sites for hydroxylation is 3. The molecule has 2 aromatic heterocycles. The maximum Gasteiger partial charge on any atom is 0.225 e. The van der Waals surface area contributed by atoms with Gasteiger partial charge in [-0.25, -0.2) is 4.98 Å². The van der Waals surface area contributed by atoms with Gasteiger partial charge in [0, 0.05) is 42.3 Å². The quantitative estimate of drug-likeness (QED) is 0.346. The van der Waals surface area contributed by atoms with Crippen LogP contribution in [-0.4, -0.2) is 36.1 Å². The number of hydrogen-bond acceptors (Lipinski definition) is 5. The van der Waals surface area contributed by atoms with E-state index in [-0.39, 0.29) is 0 Å². The maximum absolute atomic E-state index is 6.37. The summed E-state index contributed by atoms with van der Waals surface area (Å²) in [5.74, 6) is 0.959. The molecule has 31 heavy (non-hydrogen) atoms. The lowest BCUT2D eigenvalue weighted by atomic mass is 9.99.